The molecule has 0 radical (unpaired) electrons. The van der Waals surface area contributed by atoms with Crippen LogP contribution in [0.5, 0.6) is 5.75 Å². The predicted molar refractivity (Wildman–Crippen MR) is 89.6 cm³/mol. The molecule has 2 rings (SSSR count). The Labute approximate surface area is 136 Å². The van der Waals surface area contributed by atoms with Crippen LogP contribution in [0.2, 0.25) is 0 Å². The number of rotatable bonds is 5. The topological polar surface area (TPSA) is 34.4 Å². The minimum absolute atomic E-state index is 0.187. The van der Waals surface area contributed by atoms with E-state index < -0.39 is 0 Å². The van der Waals surface area contributed by atoms with E-state index in [4.69, 9.17) is 9.15 Å². The van der Waals surface area contributed by atoms with Crippen LogP contribution < -0.4 is 10.1 Å². The van der Waals surface area contributed by atoms with Crippen molar-refractivity contribution in [3.05, 3.63) is 26.3 Å². The van der Waals surface area contributed by atoms with E-state index in [-0.39, 0.29) is 6.04 Å². The van der Waals surface area contributed by atoms with Gasteiger partial charge in [-0.25, -0.2) is 0 Å². The molecule has 1 N–H and O–H groups in total. The van der Waals surface area contributed by atoms with Crippen LogP contribution in [0, 0.1) is 6.92 Å². The summed E-state index contributed by atoms with van der Waals surface area (Å²) >= 11 is 7.17. The number of benzene rings is 1. The second-order valence-electron chi connectivity index (χ2n) is 4.85. The minimum atomic E-state index is 0.187. The number of hydrogen-bond donors (Lipinski definition) is 1. The van der Waals surface area contributed by atoms with Gasteiger partial charge in [-0.05, 0) is 64.7 Å². The van der Waals surface area contributed by atoms with Crippen LogP contribution in [0.1, 0.15) is 37.6 Å². The van der Waals surface area contributed by atoms with Crippen molar-refractivity contribution in [3.8, 4) is 5.75 Å². The summed E-state index contributed by atoms with van der Waals surface area (Å²) in [7, 11) is 1.67. The van der Waals surface area contributed by atoms with Crippen molar-refractivity contribution >= 4 is 42.8 Å². The summed E-state index contributed by atoms with van der Waals surface area (Å²) < 4.78 is 13.3. The Morgan fingerprint density at radius 1 is 1.40 bits per heavy atom. The van der Waals surface area contributed by atoms with Gasteiger partial charge in [0, 0.05) is 10.9 Å². The Balaban J connectivity index is 2.57. The van der Waals surface area contributed by atoms with Gasteiger partial charge in [0.15, 0.2) is 0 Å². The van der Waals surface area contributed by atoms with E-state index in [1.807, 2.05) is 6.07 Å². The zero-order chi connectivity index (χ0) is 14.9. The summed E-state index contributed by atoms with van der Waals surface area (Å²) in [6.07, 6.45) is 1.10. The first kappa shape index (κ1) is 15.9. The van der Waals surface area contributed by atoms with Gasteiger partial charge in [0.2, 0.25) is 0 Å². The van der Waals surface area contributed by atoms with Gasteiger partial charge in [0.25, 0.3) is 0 Å². The van der Waals surface area contributed by atoms with E-state index in [1.54, 1.807) is 7.11 Å². The number of furan rings is 1. The molecule has 0 saturated heterocycles. The highest BCUT2D eigenvalue weighted by Gasteiger charge is 2.21. The number of hydrogen-bond acceptors (Lipinski definition) is 3. The Kier molecular flexibility index (Phi) is 5.15. The van der Waals surface area contributed by atoms with Gasteiger partial charge in [-0.15, -0.1) is 0 Å². The van der Waals surface area contributed by atoms with Crippen LogP contribution in [-0.4, -0.2) is 13.7 Å². The summed E-state index contributed by atoms with van der Waals surface area (Å²) in [5, 5.41) is 4.53. The second kappa shape index (κ2) is 6.50. The second-order valence-corrected chi connectivity index (χ2v) is 6.49. The standard InChI is InChI=1S/C15H19Br2NO2/c1-5-6-18-9(3)14-8(2)12-13(17)11(19-4)7-10(16)15(12)20-14/h7,9,18H,5-6H2,1-4H3. The highest BCUT2D eigenvalue weighted by molar-refractivity contribution is 9.11. The first-order valence-corrected chi connectivity index (χ1v) is 8.28. The van der Waals surface area contributed by atoms with Crippen molar-refractivity contribution in [1.29, 1.82) is 0 Å². The quantitative estimate of drug-likeness (QED) is 0.730. The summed E-state index contributed by atoms with van der Waals surface area (Å²) in [4.78, 5) is 0. The van der Waals surface area contributed by atoms with Crippen molar-refractivity contribution in [1.82, 2.24) is 5.32 Å². The monoisotopic (exact) mass is 403 g/mol. The fourth-order valence-corrected chi connectivity index (χ4v) is 3.59. The lowest BCUT2D eigenvalue weighted by molar-refractivity contribution is 0.412. The molecule has 0 fully saturated rings. The van der Waals surface area contributed by atoms with Gasteiger partial charge in [0.1, 0.15) is 17.1 Å². The van der Waals surface area contributed by atoms with Crippen molar-refractivity contribution in [3.63, 3.8) is 0 Å². The third-order valence-electron chi connectivity index (χ3n) is 3.41. The molecule has 0 spiro atoms. The highest BCUT2D eigenvalue weighted by atomic mass is 79.9. The SMILES string of the molecule is CCCNC(C)c1oc2c(Br)cc(OC)c(Br)c2c1C. The number of halogens is 2. The average Bonchev–Trinajstić information content (AvgIpc) is 2.78. The smallest absolute Gasteiger partial charge is 0.150 e. The van der Waals surface area contributed by atoms with Crippen LogP contribution in [-0.2, 0) is 0 Å². The van der Waals surface area contributed by atoms with Crippen molar-refractivity contribution in [2.45, 2.75) is 33.2 Å². The maximum atomic E-state index is 6.07. The number of aryl methyl sites for hydroxylation is 1. The molecule has 2 aromatic rings. The third-order valence-corrected chi connectivity index (χ3v) is 4.78. The molecule has 1 aromatic carbocycles. The molecule has 0 saturated carbocycles. The summed E-state index contributed by atoms with van der Waals surface area (Å²) in [5.74, 6) is 1.78. The van der Waals surface area contributed by atoms with E-state index in [2.05, 4.69) is 57.9 Å². The molecule has 20 heavy (non-hydrogen) atoms. The molecule has 1 heterocycles. The lowest BCUT2D eigenvalue weighted by Gasteiger charge is -2.11. The van der Waals surface area contributed by atoms with Crippen LogP contribution in [0.3, 0.4) is 0 Å². The van der Waals surface area contributed by atoms with Gasteiger partial charge >= 0.3 is 0 Å². The summed E-state index contributed by atoms with van der Waals surface area (Å²) in [6.45, 7) is 7.34. The molecule has 1 unspecified atom stereocenters. The first-order valence-electron chi connectivity index (χ1n) is 6.69. The molecular weight excluding hydrogens is 386 g/mol. The highest BCUT2D eigenvalue weighted by Crippen LogP contribution is 2.43. The van der Waals surface area contributed by atoms with Gasteiger partial charge < -0.3 is 14.5 Å². The van der Waals surface area contributed by atoms with Crippen LogP contribution >= 0.6 is 31.9 Å². The van der Waals surface area contributed by atoms with E-state index in [9.17, 15) is 0 Å². The molecular formula is C15H19Br2NO2. The zero-order valence-corrected chi connectivity index (χ0v) is 15.3. The molecule has 0 bridgehead atoms. The molecule has 5 heteroatoms. The molecule has 0 amide bonds. The Hall–Kier alpha value is -0.520. The van der Waals surface area contributed by atoms with Crippen LogP contribution in [0.4, 0.5) is 0 Å². The molecule has 0 aliphatic carbocycles. The van der Waals surface area contributed by atoms with Gasteiger partial charge in [-0.1, -0.05) is 6.92 Å². The van der Waals surface area contributed by atoms with Crippen LogP contribution in [0.15, 0.2) is 19.4 Å². The molecule has 3 nitrogen and oxygen atoms in total. The predicted octanol–water partition coefficient (Wildman–Crippen LogP) is 5.34. The fraction of sp³-hybridized carbons (Fsp3) is 0.467. The molecule has 110 valence electrons. The van der Waals surface area contributed by atoms with Gasteiger partial charge in [-0.3, -0.25) is 0 Å². The van der Waals surface area contributed by atoms with Crippen molar-refractivity contribution in [2.75, 3.05) is 13.7 Å². The van der Waals surface area contributed by atoms with E-state index in [0.29, 0.717) is 0 Å². The lowest BCUT2D eigenvalue weighted by Crippen LogP contribution is -2.19. The lowest BCUT2D eigenvalue weighted by atomic mass is 10.1. The number of nitrogens with one attached hydrogen (secondary N) is 1. The summed E-state index contributed by atoms with van der Waals surface area (Å²) in [6, 6.07) is 2.11. The van der Waals surface area contributed by atoms with Gasteiger partial charge in [-0.2, -0.15) is 0 Å². The van der Waals surface area contributed by atoms with Crippen LogP contribution in [0.25, 0.3) is 11.0 Å². The molecule has 1 atom stereocenters. The number of ether oxygens (including phenoxy) is 1. The molecule has 0 aliphatic rings. The Morgan fingerprint density at radius 3 is 2.70 bits per heavy atom. The van der Waals surface area contributed by atoms with E-state index in [1.165, 1.54) is 0 Å². The Morgan fingerprint density at radius 2 is 2.10 bits per heavy atom. The largest absolute Gasteiger partial charge is 0.496 e. The normalized spacial score (nSPS) is 12.9. The third kappa shape index (κ3) is 2.76. The Bertz CT molecular complexity index is 622. The summed E-state index contributed by atoms with van der Waals surface area (Å²) in [5.41, 5.74) is 2.00. The van der Waals surface area contributed by atoms with Crippen molar-refractivity contribution < 1.29 is 9.15 Å². The molecule has 0 aliphatic heterocycles. The van der Waals surface area contributed by atoms with E-state index in [0.717, 1.165) is 50.0 Å². The zero-order valence-electron chi connectivity index (χ0n) is 12.1. The van der Waals surface area contributed by atoms with Gasteiger partial charge in [0.05, 0.1) is 22.1 Å². The molecule has 1 aromatic heterocycles. The average molecular weight is 405 g/mol. The fourth-order valence-electron chi connectivity index (χ4n) is 2.35. The maximum Gasteiger partial charge on any atom is 0.150 e. The number of methoxy groups -OCH3 is 1. The minimum Gasteiger partial charge on any atom is -0.496 e. The van der Waals surface area contributed by atoms with Crippen molar-refractivity contribution in [2.24, 2.45) is 0 Å². The first-order chi connectivity index (χ1) is 9.51. The maximum absolute atomic E-state index is 6.07. The van der Waals surface area contributed by atoms with E-state index >= 15 is 0 Å². The number of fused-ring (bicyclic) bond motifs is 1.